The number of hydrogen-bond acceptors (Lipinski definition) is 7. The largest absolute Gasteiger partial charge is 0.418 e. The summed E-state index contributed by atoms with van der Waals surface area (Å²) in [5.41, 5.74) is 4.70. The molecule has 0 radical (unpaired) electrons. The monoisotopic (exact) mass is 391 g/mol. The molecule has 0 saturated carbocycles. The van der Waals surface area contributed by atoms with Gasteiger partial charge in [0.05, 0.1) is 12.0 Å². The van der Waals surface area contributed by atoms with Crippen LogP contribution in [0.3, 0.4) is 0 Å². The average Bonchev–Trinajstić information content (AvgIpc) is 2.84. The molecule has 0 aromatic heterocycles. The summed E-state index contributed by atoms with van der Waals surface area (Å²) in [6, 6.07) is -2.26. The number of carbonyl (C=O) groups excluding carboxylic acids is 3. The van der Waals surface area contributed by atoms with Crippen molar-refractivity contribution in [3.8, 4) is 0 Å². The number of hydrogen-bond donors (Lipinski definition) is 4. The quantitative estimate of drug-likeness (QED) is 0.321. The van der Waals surface area contributed by atoms with Gasteiger partial charge in [-0.1, -0.05) is 0 Å². The number of urea groups is 1. The number of piperidine rings is 2. The molecular formula is C13H21N5O7S. The van der Waals surface area contributed by atoms with E-state index in [1.165, 1.54) is 0 Å². The summed E-state index contributed by atoms with van der Waals surface area (Å²) in [5, 5.41) is 3.67. The zero-order chi connectivity index (χ0) is 18.9. The lowest BCUT2D eigenvalue weighted by Gasteiger charge is -2.29. The van der Waals surface area contributed by atoms with Crippen molar-refractivity contribution in [1.82, 2.24) is 26.1 Å². The van der Waals surface area contributed by atoms with Crippen LogP contribution in [0.15, 0.2) is 0 Å². The van der Waals surface area contributed by atoms with Crippen molar-refractivity contribution >= 4 is 28.2 Å². The van der Waals surface area contributed by atoms with E-state index in [2.05, 4.69) is 20.5 Å². The van der Waals surface area contributed by atoms with Gasteiger partial charge < -0.3 is 10.2 Å². The van der Waals surface area contributed by atoms with Crippen molar-refractivity contribution in [3.05, 3.63) is 0 Å². The van der Waals surface area contributed by atoms with Crippen molar-refractivity contribution < 1.29 is 31.6 Å². The van der Waals surface area contributed by atoms with Crippen LogP contribution in [0.4, 0.5) is 4.79 Å². The molecular weight excluding hydrogens is 370 g/mol. The lowest BCUT2D eigenvalue weighted by atomic mass is 9.99. The fourth-order valence-electron chi connectivity index (χ4n) is 3.49. The number of nitrogens with one attached hydrogen (secondary N) is 3. The molecule has 13 heteroatoms. The van der Waals surface area contributed by atoms with E-state index in [-0.39, 0.29) is 24.8 Å². The third kappa shape index (κ3) is 4.06. The number of fused-ring (bicyclic) bond motifs is 2. The van der Waals surface area contributed by atoms with Crippen LogP contribution >= 0.6 is 0 Å². The molecule has 146 valence electrons. The number of hydrazine groups is 1. The van der Waals surface area contributed by atoms with E-state index in [1.54, 1.807) is 0 Å². The fourth-order valence-corrected chi connectivity index (χ4v) is 3.88. The molecule has 3 aliphatic heterocycles. The third-order valence-corrected chi connectivity index (χ3v) is 5.13. The van der Waals surface area contributed by atoms with Crippen LogP contribution < -0.4 is 16.2 Å². The first-order valence-corrected chi connectivity index (χ1v) is 9.70. The molecule has 3 saturated heterocycles. The van der Waals surface area contributed by atoms with E-state index in [4.69, 9.17) is 4.55 Å². The molecule has 3 atom stereocenters. The summed E-state index contributed by atoms with van der Waals surface area (Å²) < 4.78 is 34.8. The van der Waals surface area contributed by atoms with Crippen molar-refractivity contribution in [3.63, 3.8) is 0 Å². The Morgan fingerprint density at radius 3 is 2.58 bits per heavy atom. The molecule has 4 amide bonds. The maximum absolute atomic E-state index is 12.3. The molecule has 4 N–H and O–H groups in total. The lowest BCUT2D eigenvalue weighted by molar-refractivity contribution is -0.133. The first-order chi connectivity index (χ1) is 12.3. The Labute approximate surface area is 150 Å². The second kappa shape index (κ2) is 7.34. The first-order valence-electron chi connectivity index (χ1n) is 8.33. The smallest absolute Gasteiger partial charge is 0.316 e. The topological polar surface area (TPSA) is 157 Å². The minimum absolute atomic E-state index is 0.0902. The van der Waals surface area contributed by atoms with Gasteiger partial charge in [-0.25, -0.2) is 4.79 Å². The van der Waals surface area contributed by atoms with Crippen molar-refractivity contribution in [2.75, 3.05) is 19.6 Å². The van der Waals surface area contributed by atoms with Gasteiger partial charge in [0.1, 0.15) is 6.04 Å². The molecule has 26 heavy (non-hydrogen) atoms. The van der Waals surface area contributed by atoms with Gasteiger partial charge in [0, 0.05) is 13.1 Å². The van der Waals surface area contributed by atoms with Crippen LogP contribution in [-0.2, 0) is 24.3 Å². The summed E-state index contributed by atoms with van der Waals surface area (Å²) in [5.74, 6) is -1.10. The van der Waals surface area contributed by atoms with E-state index >= 15 is 0 Å². The molecule has 3 rings (SSSR count). The average molecular weight is 391 g/mol. The molecule has 0 aliphatic carbocycles. The standard InChI is InChI=1S/C13H21N5O7S/c19-11(8-2-1-5-14-6-8)15-16-12(20)10-4-3-9-7-17(10)13(21)18(9)25-26(22,23)24/h8-10,14H,1-7H2,(H,15,19)(H,16,20)(H,22,23,24)/t8-,9+,10-/m0/s1. The number of nitrogens with zero attached hydrogens (tertiary/aromatic N) is 2. The predicted octanol–water partition coefficient (Wildman–Crippen LogP) is -1.86. The molecule has 12 nitrogen and oxygen atoms in total. The lowest BCUT2D eigenvalue weighted by Crippen LogP contribution is -2.55. The minimum Gasteiger partial charge on any atom is -0.316 e. The Morgan fingerprint density at radius 1 is 1.19 bits per heavy atom. The predicted molar refractivity (Wildman–Crippen MR) is 85.3 cm³/mol. The van der Waals surface area contributed by atoms with Crippen LogP contribution in [0.2, 0.25) is 0 Å². The first kappa shape index (κ1) is 18.8. The van der Waals surface area contributed by atoms with Crippen LogP contribution in [0, 0.1) is 5.92 Å². The van der Waals surface area contributed by atoms with Gasteiger partial charge in [-0.3, -0.25) is 25.0 Å². The zero-order valence-electron chi connectivity index (χ0n) is 13.9. The second-order valence-electron chi connectivity index (χ2n) is 6.53. The van der Waals surface area contributed by atoms with E-state index in [9.17, 15) is 22.8 Å². The highest BCUT2D eigenvalue weighted by Crippen LogP contribution is 2.30. The Bertz CT molecular complexity index is 693. The van der Waals surface area contributed by atoms with Crippen LogP contribution in [0.25, 0.3) is 0 Å². The maximum Gasteiger partial charge on any atom is 0.418 e. The van der Waals surface area contributed by atoms with Gasteiger partial charge in [-0.05, 0) is 32.2 Å². The molecule has 0 aromatic rings. The molecule has 0 spiro atoms. The van der Waals surface area contributed by atoms with Gasteiger partial charge >= 0.3 is 16.4 Å². The molecule has 3 aliphatic rings. The highest BCUT2D eigenvalue weighted by atomic mass is 32.3. The number of amides is 4. The van der Waals surface area contributed by atoms with Gasteiger partial charge in [0.25, 0.3) is 5.91 Å². The summed E-state index contributed by atoms with van der Waals surface area (Å²) in [6.07, 6.45) is 2.19. The van der Waals surface area contributed by atoms with Crippen molar-refractivity contribution in [1.29, 1.82) is 0 Å². The van der Waals surface area contributed by atoms with Crippen LogP contribution in [-0.4, -0.2) is 72.5 Å². The summed E-state index contributed by atoms with van der Waals surface area (Å²) >= 11 is 0. The molecule has 0 unspecified atom stereocenters. The fraction of sp³-hybridized carbons (Fsp3) is 0.769. The van der Waals surface area contributed by atoms with E-state index in [0.717, 1.165) is 24.3 Å². The van der Waals surface area contributed by atoms with Gasteiger partial charge in [-0.15, -0.1) is 4.28 Å². The summed E-state index contributed by atoms with van der Waals surface area (Å²) in [7, 11) is -4.84. The Hall–Kier alpha value is -1.96. The maximum atomic E-state index is 12.3. The Kier molecular flexibility index (Phi) is 5.32. The van der Waals surface area contributed by atoms with Crippen LogP contribution in [0.5, 0.6) is 0 Å². The highest BCUT2D eigenvalue weighted by Gasteiger charge is 2.49. The van der Waals surface area contributed by atoms with E-state index in [1.807, 2.05) is 0 Å². The number of carbonyl (C=O) groups is 3. The molecule has 3 heterocycles. The normalized spacial score (nSPS) is 28.8. The number of rotatable bonds is 4. The second-order valence-corrected chi connectivity index (χ2v) is 7.54. The molecule has 3 fully saturated rings. The van der Waals surface area contributed by atoms with Gasteiger partial charge in [-0.2, -0.15) is 13.5 Å². The summed E-state index contributed by atoms with van der Waals surface area (Å²) in [4.78, 5) is 37.8. The van der Waals surface area contributed by atoms with Crippen molar-refractivity contribution in [2.24, 2.45) is 5.92 Å². The zero-order valence-corrected chi connectivity index (χ0v) is 14.7. The number of hydroxylamine groups is 2. The van der Waals surface area contributed by atoms with E-state index in [0.29, 0.717) is 18.0 Å². The summed E-state index contributed by atoms with van der Waals surface area (Å²) in [6.45, 7) is 1.49. The molecule has 0 aromatic carbocycles. The molecule has 2 bridgehead atoms. The van der Waals surface area contributed by atoms with E-state index < -0.39 is 34.4 Å². The van der Waals surface area contributed by atoms with Gasteiger partial charge in [0.2, 0.25) is 5.91 Å². The van der Waals surface area contributed by atoms with Crippen molar-refractivity contribution in [2.45, 2.75) is 37.8 Å². The minimum atomic E-state index is -4.84. The van der Waals surface area contributed by atoms with Gasteiger partial charge in [0.15, 0.2) is 0 Å². The Balaban J connectivity index is 1.56. The SMILES string of the molecule is O=C(NNC(=O)[C@@H]1CC[C@@H]2CN1C(=O)N2OS(=O)(=O)O)[C@H]1CCCNC1. The highest BCUT2D eigenvalue weighted by molar-refractivity contribution is 7.80. The van der Waals surface area contributed by atoms with Crippen LogP contribution in [0.1, 0.15) is 25.7 Å². The third-order valence-electron chi connectivity index (χ3n) is 4.78. The Morgan fingerprint density at radius 2 is 1.92 bits per heavy atom.